The Kier molecular flexibility index (Phi) is 4.27. The average Bonchev–Trinajstić information content (AvgIpc) is 2.83. The molecule has 2 N–H and O–H groups in total. The predicted molar refractivity (Wildman–Crippen MR) is 79.7 cm³/mol. The summed E-state index contributed by atoms with van der Waals surface area (Å²) in [6.45, 7) is 6.50. The van der Waals surface area contributed by atoms with Crippen LogP contribution in [0, 0.1) is 5.92 Å². The molecular formula is C15H21N3O2. The summed E-state index contributed by atoms with van der Waals surface area (Å²) in [5.41, 5.74) is 7.24. The second-order valence-corrected chi connectivity index (χ2v) is 5.00. The lowest BCUT2D eigenvalue weighted by atomic mass is 10.1. The van der Waals surface area contributed by atoms with Crippen LogP contribution in [0.5, 0.6) is 0 Å². The third-order valence-electron chi connectivity index (χ3n) is 3.82. The van der Waals surface area contributed by atoms with Gasteiger partial charge in [0.15, 0.2) is 0 Å². The fourth-order valence-corrected chi connectivity index (χ4v) is 2.58. The molecule has 5 nitrogen and oxygen atoms in total. The van der Waals surface area contributed by atoms with Gasteiger partial charge in [-0.05, 0) is 38.1 Å². The smallest absolute Gasteiger partial charge is 0.227 e. The molecule has 1 heterocycles. The third kappa shape index (κ3) is 2.76. The Morgan fingerprint density at radius 2 is 1.90 bits per heavy atom. The van der Waals surface area contributed by atoms with Crippen molar-refractivity contribution in [2.24, 2.45) is 11.7 Å². The Hall–Kier alpha value is -2.04. The standard InChI is InChI=1S/C15H21N3O2/c1-3-17(4-2)12-5-7-13(8-6-12)18-10-11(15(16)20)9-14(18)19/h5-8,11H,3-4,9-10H2,1-2H3,(H2,16,20)/t11-/m1/s1. The number of hydrogen-bond donors (Lipinski definition) is 1. The quantitative estimate of drug-likeness (QED) is 0.882. The number of carbonyl (C=O) groups excluding carboxylic acids is 2. The van der Waals surface area contributed by atoms with Gasteiger partial charge in [-0.1, -0.05) is 0 Å². The summed E-state index contributed by atoms with van der Waals surface area (Å²) in [7, 11) is 0. The largest absolute Gasteiger partial charge is 0.372 e. The van der Waals surface area contributed by atoms with Gasteiger partial charge in [0.05, 0.1) is 5.92 Å². The van der Waals surface area contributed by atoms with Crippen molar-refractivity contribution in [3.8, 4) is 0 Å². The Morgan fingerprint density at radius 1 is 1.30 bits per heavy atom. The number of nitrogens with two attached hydrogens (primary N) is 1. The highest BCUT2D eigenvalue weighted by Crippen LogP contribution is 2.27. The van der Waals surface area contributed by atoms with Crippen molar-refractivity contribution in [3.63, 3.8) is 0 Å². The average molecular weight is 275 g/mol. The van der Waals surface area contributed by atoms with E-state index in [9.17, 15) is 9.59 Å². The van der Waals surface area contributed by atoms with Crippen LogP contribution in [-0.4, -0.2) is 31.4 Å². The van der Waals surface area contributed by atoms with Crippen LogP contribution < -0.4 is 15.5 Å². The molecule has 0 bridgehead atoms. The fourth-order valence-electron chi connectivity index (χ4n) is 2.58. The van der Waals surface area contributed by atoms with Crippen LogP contribution in [0.15, 0.2) is 24.3 Å². The van der Waals surface area contributed by atoms with Crippen LogP contribution in [0.1, 0.15) is 20.3 Å². The summed E-state index contributed by atoms with van der Waals surface area (Å²) in [4.78, 5) is 27.0. The zero-order valence-electron chi connectivity index (χ0n) is 12.0. The van der Waals surface area contributed by atoms with E-state index in [1.54, 1.807) is 4.90 Å². The Morgan fingerprint density at radius 3 is 2.35 bits per heavy atom. The van der Waals surface area contributed by atoms with E-state index in [-0.39, 0.29) is 18.2 Å². The first-order chi connectivity index (χ1) is 9.56. The minimum Gasteiger partial charge on any atom is -0.372 e. The molecule has 2 amide bonds. The molecule has 1 aliphatic rings. The molecule has 5 heteroatoms. The summed E-state index contributed by atoms with van der Waals surface area (Å²) in [5, 5.41) is 0. The second-order valence-electron chi connectivity index (χ2n) is 5.00. The summed E-state index contributed by atoms with van der Waals surface area (Å²) in [6, 6.07) is 7.87. The second kappa shape index (κ2) is 5.94. The SMILES string of the molecule is CCN(CC)c1ccc(N2C[C@H](C(N)=O)CC2=O)cc1. The van der Waals surface area contributed by atoms with Gasteiger partial charge in [-0.25, -0.2) is 0 Å². The summed E-state index contributed by atoms with van der Waals surface area (Å²) < 4.78 is 0. The van der Waals surface area contributed by atoms with Crippen LogP contribution in [0.3, 0.4) is 0 Å². The van der Waals surface area contributed by atoms with Gasteiger partial charge in [0.2, 0.25) is 11.8 Å². The van der Waals surface area contributed by atoms with Gasteiger partial charge >= 0.3 is 0 Å². The van der Waals surface area contributed by atoms with Gasteiger partial charge in [-0.2, -0.15) is 0 Å². The predicted octanol–water partition coefficient (Wildman–Crippen LogP) is 1.37. The lowest BCUT2D eigenvalue weighted by Crippen LogP contribution is -2.28. The summed E-state index contributed by atoms with van der Waals surface area (Å²) in [6.07, 6.45) is 0.215. The normalized spacial score (nSPS) is 18.4. The number of rotatable bonds is 5. The maximum absolute atomic E-state index is 11.9. The third-order valence-corrected chi connectivity index (χ3v) is 3.82. The molecule has 0 spiro atoms. The summed E-state index contributed by atoms with van der Waals surface area (Å²) in [5.74, 6) is -0.810. The number of benzene rings is 1. The van der Waals surface area contributed by atoms with Gasteiger partial charge in [0.1, 0.15) is 0 Å². The van der Waals surface area contributed by atoms with Crippen molar-refractivity contribution < 1.29 is 9.59 Å². The Bertz CT molecular complexity index is 494. The molecule has 108 valence electrons. The van der Waals surface area contributed by atoms with E-state index in [1.807, 2.05) is 24.3 Å². The zero-order chi connectivity index (χ0) is 14.7. The fraction of sp³-hybridized carbons (Fsp3) is 0.467. The molecule has 1 atom stereocenters. The van der Waals surface area contributed by atoms with Crippen molar-refractivity contribution in [2.75, 3.05) is 29.4 Å². The number of primary amides is 1. The molecule has 0 radical (unpaired) electrons. The number of carbonyl (C=O) groups is 2. The molecule has 0 saturated carbocycles. The monoisotopic (exact) mass is 275 g/mol. The van der Waals surface area contributed by atoms with E-state index < -0.39 is 5.91 Å². The number of nitrogens with zero attached hydrogens (tertiary/aromatic N) is 2. The molecule has 0 aromatic heterocycles. The Labute approximate surface area is 119 Å². The van der Waals surface area contributed by atoms with Crippen LogP contribution in [0.4, 0.5) is 11.4 Å². The van der Waals surface area contributed by atoms with Gasteiger partial charge in [-0.3, -0.25) is 9.59 Å². The lowest BCUT2D eigenvalue weighted by molar-refractivity contribution is -0.123. The topological polar surface area (TPSA) is 66.6 Å². The molecule has 1 fully saturated rings. The minimum absolute atomic E-state index is 0.0376. The maximum atomic E-state index is 11.9. The van der Waals surface area contributed by atoms with Gasteiger partial charge in [0.25, 0.3) is 0 Å². The highest BCUT2D eigenvalue weighted by Gasteiger charge is 2.33. The van der Waals surface area contributed by atoms with Crippen LogP contribution >= 0.6 is 0 Å². The van der Waals surface area contributed by atoms with E-state index in [0.717, 1.165) is 24.5 Å². The molecule has 0 unspecified atom stereocenters. The number of anilines is 2. The van der Waals surface area contributed by atoms with Crippen molar-refractivity contribution in [3.05, 3.63) is 24.3 Å². The van der Waals surface area contributed by atoms with Crippen molar-refractivity contribution in [1.29, 1.82) is 0 Å². The van der Waals surface area contributed by atoms with Crippen molar-refractivity contribution in [1.82, 2.24) is 0 Å². The van der Waals surface area contributed by atoms with E-state index in [4.69, 9.17) is 5.73 Å². The van der Waals surface area contributed by atoms with Crippen molar-refractivity contribution >= 4 is 23.2 Å². The molecule has 1 aliphatic heterocycles. The van der Waals surface area contributed by atoms with E-state index >= 15 is 0 Å². The molecule has 1 aromatic rings. The van der Waals surface area contributed by atoms with Gasteiger partial charge in [0, 0.05) is 37.4 Å². The number of hydrogen-bond acceptors (Lipinski definition) is 3. The summed E-state index contributed by atoms with van der Waals surface area (Å²) >= 11 is 0. The molecule has 0 aliphatic carbocycles. The maximum Gasteiger partial charge on any atom is 0.227 e. The highest BCUT2D eigenvalue weighted by atomic mass is 16.2. The van der Waals surface area contributed by atoms with Crippen LogP contribution in [0.25, 0.3) is 0 Å². The van der Waals surface area contributed by atoms with Crippen molar-refractivity contribution in [2.45, 2.75) is 20.3 Å². The van der Waals surface area contributed by atoms with E-state index in [0.29, 0.717) is 6.54 Å². The zero-order valence-corrected chi connectivity index (χ0v) is 12.0. The molecular weight excluding hydrogens is 254 g/mol. The van der Waals surface area contributed by atoms with Gasteiger partial charge in [-0.15, -0.1) is 0 Å². The number of amides is 2. The first-order valence-corrected chi connectivity index (χ1v) is 7.01. The van der Waals surface area contributed by atoms with Gasteiger partial charge < -0.3 is 15.5 Å². The lowest BCUT2D eigenvalue weighted by Gasteiger charge is -2.22. The van der Waals surface area contributed by atoms with E-state index in [1.165, 1.54) is 0 Å². The molecule has 20 heavy (non-hydrogen) atoms. The van der Waals surface area contributed by atoms with E-state index in [2.05, 4.69) is 18.7 Å². The van der Waals surface area contributed by atoms with Crippen LogP contribution in [0.2, 0.25) is 0 Å². The first-order valence-electron chi connectivity index (χ1n) is 7.01. The molecule has 1 aromatic carbocycles. The van der Waals surface area contributed by atoms with Crippen LogP contribution in [-0.2, 0) is 9.59 Å². The highest BCUT2D eigenvalue weighted by molar-refractivity contribution is 6.00. The first kappa shape index (κ1) is 14.4. The molecule has 1 saturated heterocycles. The minimum atomic E-state index is -0.402. The molecule has 2 rings (SSSR count). The Balaban J connectivity index is 2.14.